The molecule has 0 fully saturated rings. The summed E-state index contributed by atoms with van der Waals surface area (Å²) < 4.78 is 9.94. The molecule has 0 aliphatic rings. The Morgan fingerprint density at radius 3 is 1.70 bits per heavy atom. The van der Waals surface area contributed by atoms with E-state index in [9.17, 15) is 19.5 Å². The summed E-state index contributed by atoms with van der Waals surface area (Å²) >= 11 is 0. The van der Waals surface area contributed by atoms with E-state index >= 15 is 0 Å². The summed E-state index contributed by atoms with van der Waals surface area (Å²) in [4.78, 5) is 35.1. The van der Waals surface area contributed by atoms with E-state index < -0.39 is 41.4 Å². The Kier molecular flexibility index (Phi) is 7.29. The topological polar surface area (TPSA) is 126 Å². The smallest absolute Gasteiger partial charge is 0.426 e. The number of alkyl carbamates (subject to hydrolysis) is 1. The molecule has 0 radical (unpaired) electrons. The van der Waals surface area contributed by atoms with E-state index in [0.717, 1.165) is 0 Å². The van der Waals surface area contributed by atoms with Crippen LogP contribution < -0.4 is 16.2 Å². The third kappa shape index (κ3) is 10.3. The first kappa shape index (κ1) is 21.0. The molecule has 0 bridgehead atoms. The predicted octanol–water partition coefficient (Wildman–Crippen LogP) is 0.816. The molecule has 9 heteroatoms. The first-order valence-electron chi connectivity index (χ1n) is 7.18. The van der Waals surface area contributed by atoms with Crippen LogP contribution in [-0.4, -0.2) is 46.5 Å². The molecule has 0 rings (SSSR count). The molecular weight excluding hydrogens is 306 g/mol. The molecule has 0 saturated carbocycles. The summed E-state index contributed by atoms with van der Waals surface area (Å²) in [5, 5.41) is 11.8. The number of aliphatic hydroxyl groups excluding tert-OH is 1. The highest BCUT2D eigenvalue weighted by atomic mass is 16.6. The van der Waals surface area contributed by atoms with E-state index in [2.05, 4.69) is 10.7 Å². The fourth-order valence-corrected chi connectivity index (χ4v) is 1.33. The maximum Gasteiger partial charge on any atom is 0.426 e. The summed E-state index contributed by atoms with van der Waals surface area (Å²) in [5.74, 6) is -0.822. The zero-order valence-corrected chi connectivity index (χ0v) is 14.6. The van der Waals surface area contributed by atoms with Crippen molar-refractivity contribution in [1.82, 2.24) is 16.2 Å². The van der Waals surface area contributed by atoms with Crippen molar-refractivity contribution in [2.24, 2.45) is 0 Å². The van der Waals surface area contributed by atoms with Gasteiger partial charge in [-0.05, 0) is 48.5 Å². The van der Waals surface area contributed by atoms with Crippen LogP contribution in [0.25, 0.3) is 0 Å². The van der Waals surface area contributed by atoms with Crippen LogP contribution >= 0.6 is 0 Å². The highest BCUT2D eigenvalue weighted by molar-refractivity contribution is 5.87. The number of hydrogen-bond acceptors (Lipinski definition) is 6. The van der Waals surface area contributed by atoms with Gasteiger partial charge in [0.15, 0.2) is 0 Å². The Morgan fingerprint density at radius 1 is 0.870 bits per heavy atom. The molecule has 0 aliphatic heterocycles. The van der Waals surface area contributed by atoms with Crippen LogP contribution in [0.4, 0.5) is 9.59 Å². The van der Waals surface area contributed by atoms with Crippen LogP contribution in [0.1, 0.15) is 48.5 Å². The van der Waals surface area contributed by atoms with Gasteiger partial charge in [-0.2, -0.15) is 0 Å². The maximum absolute atomic E-state index is 11.9. The molecule has 0 unspecified atom stereocenters. The molecule has 9 nitrogen and oxygen atoms in total. The third-order valence-electron chi connectivity index (χ3n) is 2.12. The Labute approximate surface area is 136 Å². The molecule has 0 aromatic rings. The molecule has 0 saturated heterocycles. The number of hydrazine groups is 1. The number of hydrogen-bond donors (Lipinski definition) is 4. The molecule has 0 aliphatic carbocycles. The SMILES string of the molecule is C[C@@H](O)[C@H](NC(=O)OC(C)(C)C)C(=O)NNC(=O)OC(C)(C)C. The minimum atomic E-state index is -1.31. The maximum atomic E-state index is 11.9. The van der Waals surface area contributed by atoms with Gasteiger partial charge in [0.2, 0.25) is 0 Å². The van der Waals surface area contributed by atoms with Crippen molar-refractivity contribution in [3.8, 4) is 0 Å². The van der Waals surface area contributed by atoms with Gasteiger partial charge in [0.05, 0.1) is 6.10 Å². The molecule has 4 N–H and O–H groups in total. The van der Waals surface area contributed by atoms with Crippen LogP contribution in [0.15, 0.2) is 0 Å². The molecule has 0 heterocycles. The number of rotatable bonds is 3. The van der Waals surface area contributed by atoms with Crippen LogP contribution in [0, 0.1) is 0 Å². The van der Waals surface area contributed by atoms with Crippen LogP contribution in [-0.2, 0) is 14.3 Å². The zero-order valence-electron chi connectivity index (χ0n) is 14.6. The number of carbonyl (C=O) groups is 3. The monoisotopic (exact) mass is 333 g/mol. The summed E-state index contributed by atoms with van der Waals surface area (Å²) in [7, 11) is 0. The average Bonchev–Trinajstić information content (AvgIpc) is 2.28. The normalized spacial score (nSPS) is 14.3. The summed E-state index contributed by atoms with van der Waals surface area (Å²) in [6.07, 6.45) is -2.94. The first-order valence-corrected chi connectivity index (χ1v) is 7.18. The standard InChI is InChI=1S/C14H27N3O6/c1-8(18)9(15-11(20)22-13(2,3)4)10(19)16-17-12(21)23-14(5,6)7/h8-9,18H,1-7H3,(H,15,20)(H,16,19)(H,17,21)/t8-,9+/m1/s1. The summed E-state index contributed by atoms with van der Waals surface area (Å²) in [5.41, 5.74) is 2.61. The number of aliphatic hydroxyl groups is 1. The first-order chi connectivity index (χ1) is 10.2. The van der Waals surface area contributed by atoms with Crippen molar-refractivity contribution in [1.29, 1.82) is 0 Å². The average molecular weight is 333 g/mol. The largest absolute Gasteiger partial charge is 0.444 e. The lowest BCUT2D eigenvalue weighted by molar-refractivity contribution is -0.126. The van der Waals surface area contributed by atoms with Gasteiger partial charge in [-0.25, -0.2) is 15.0 Å². The zero-order chi connectivity index (χ0) is 18.4. The van der Waals surface area contributed by atoms with Crippen LogP contribution in [0.2, 0.25) is 0 Å². The van der Waals surface area contributed by atoms with Crippen molar-refractivity contribution in [2.45, 2.75) is 71.8 Å². The van der Waals surface area contributed by atoms with E-state index in [-0.39, 0.29) is 0 Å². The lowest BCUT2D eigenvalue weighted by Gasteiger charge is -2.25. The quantitative estimate of drug-likeness (QED) is 0.566. The third-order valence-corrected chi connectivity index (χ3v) is 2.12. The Hall–Kier alpha value is -2.03. The predicted molar refractivity (Wildman–Crippen MR) is 82.4 cm³/mol. The molecule has 2 atom stereocenters. The van der Waals surface area contributed by atoms with Crippen molar-refractivity contribution >= 4 is 18.1 Å². The van der Waals surface area contributed by atoms with Crippen LogP contribution in [0.5, 0.6) is 0 Å². The van der Waals surface area contributed by atoms with Gasteiger partial charge < -0.3 is 19.9 Å². The van der Waals surface area contributed by atoms with Gasteiger partial charge in [-0.3, -0.25) is 10.2 Å². The second kappa shape index (κ2) is 8.00. The van der Waals surface area contributed by atoms with E-state index in [1.165, 1.54) is 6.92 Å². The van der Waals surface area contributed by atoms with E-state index in [0.29, 0.717) is 0 Å². The highest BCUT2D eigenvalue weighted by Gasteiger charge is 2.28. The van der Waals surface area contributed by atoms with Crippen molar-refractivity contribution in [2.75, 3.05) is 0 Å². The molecule has 0 aromatic carbocycles. The molecule has 23 heavy (non-hydrogen) atoms. The van der Waals surface area contributed by atoms with Gasteiger partial charge in [0.1, 0.15) is 17.2 Å². The van der Waals surface area contributed by atoms with Crippen molar-refractivity contribution < 1.29 is 29.0 Å². The van der Waals surface area contributed by atoms with Crippen LogP contribution in [0.3, 0.4) is 0 Å². The Bertz CT molecular complexity index is 437. The summed E-state index contributed by atoms with van der Waals surface area (Å²) in [6, 6.07) is -1.31. The highest BCUT2D eigenvalue weighted by Crippen LogP contribution is 2.08. The lowest BCUT2D eigenvalue weighted by atomic mass is 10.1. The Morgan fingerprint density at radius 2 is 1.30 bits per heavy atom. The Balaban J connectivity index is 4.58. The minimum absolute atomic E-state index is 0.729. The number of carbonyl (C=O) groups excluding carboxylic acids is 3. The fourth-order valence-electron chi connectivity index (χ4n) is 1.33. The van der Waals surface area contributed by atoms with Gasteiger partial charge in [-0.1, -0.05) is 0 Å². The van der Waals surface area contributed by atoms with Gasteiger partial charge >= 0.3 is 12.2 Å². The molecule has 0 spiro atoms. The fraction of sp³-hybridized carbons (Fsp3) is 0.786. The van der Waals surface area contributed by atoms with E-state index in [1.54, 1.807) is 41.5 Å². The van der Waals surface area contributed by atoms with Crippen molar-refractivity contribution in [3.05, 3.63) is 0 Å². The molecule has 0 aromatic heterocycles. The van der Waals surface area contributed by atoms with Gasteiger partial charge in [-0.15, -0.1) is 0 Å². The van der Waals surface area contributed by atoms with Gasteiger partial charge in [0, 0.05) is 0 Å². The molecular formula is C14H27N3O6. The summed E-state index contributed by atoms with van der Waals surface area (Å²) in [6.45, 7) is 11.3. The lowest BCUT2D eigenvalue weighted by Crippen LogP contribution is -2.57. The second-order valence-electron chi connectivity index (χ2n) is 6.98. The van der Waals surface area contributed by atoms with Crippen molar-refractivity contribution in [3.63, 3.8) is 0 Å². The number of nitrogens with one attached hydrogen (secondary N) is 3. The number of ether oxygens (including phenoxy) is 2. The molecule has 3 amide bonds. The van der Waals surface area contributed by atoms with E-state index in [1.807, 2.05) is 5.43 Å². The van der Waals surface area contributed by atoms with Gasteiger partial charge in [0.25, 0.3) is 5.91 Å². The molecule has 134 valence electrons. The van der Waals surface area contributed by atoms with E-state index in [4.69, 9.17) is 9.47 Å². The number of amides is 3. The second-order valence-corrected chi connectivity index (χ2v) is 6.98. The minimum Gasteiger partial charge on any atom is -0.444 e.